The Morgan fingerprint density at radius 3 is 0.987 bits per heavy atom. The molecular weight excluding hydrogens is 935 g/mol. The smallest absolute Gasteiger partial charge is 0.179 e. The first-order chi connectivity index (χ1) is 37.7. The second-order valence-electron chi connectivity index (χ2n) is 20.0. The summed E-state index contributed by atoms with van der Waals surface area (Å²) in [6, 6.07) is 111. The van der Waals surface area contributed by atoms with Gasteiger partial charge in [-0.25, -0.2) is 0 Å². The average Bonchev–Trinajstić information content (AvgIpc) is 4.20. The van der Waals surface area contributed by atoms with Crippen LogP contribution in [0.5, 0.6) is 0 Å². The lowest BCUT2D eigenvalue weighted by Gasteiger charge is -2.34. The van der Waals surface area contributed by atoms with Gasteiger partial charge >= 0.3 is 0 Å². The van der Waals surface area contributed by atoms with Gasteiger partial charge < -0.3 is 13.7 Å². The van der Waals surface area contributed by atoms with Gasteiger partial charge in [0.1, 0.15) is 0 Å². The second-order valence-corrected chi connectivity index (χ2v) is 23.8. The van der Waals surface area contributed by atoms with Crippen LogP contribution >= 0.6 is 0 Å². The number of para-hydroxylation sites is 5. The molecule has 3 nitrogen and oxygen atoms in total. The number of hydrogen-bond acceptors (Lipinski definition) is 0. The van der Waals surface area contributed by atoms with E-state index >= 15 is 0 Å². The van der Waals surface area contributed by atoms with Crippen molar-refractivity contribution in [2.75, 3.05) is 0 Å². The molecule has 0 atom stereocenters. The fraction of sp³-hybridized carbons (Fsp3) is 0. The van der Waals surface area contributed by atoms with Gasteiger partial charge in [0.15, 0.2) is 8.07 Å². The molecule has 0 unspecified atom stereocenters. The molecule has 4 heteroatoms. The number of benzene rings is 12. The van der Waals surface area contributed by atoms with E-state index in [1.165, 1.54) is 91.8 Å². The highest BCUT2D eigenvalue weighted by Crippen LogP contribution is 2.41. The van der Waals surface area contributed by atoms with Crippen LogP contribution in [0.1, 0.15) is 0 Å². The summed E-state index contributed by atoms with van der Waals surface area (Å²) in [6.45, 7) is 0. The summed E-state index contributed by atoms with van der Waals surface area (Å²) in [7, 11) is -2.82. The second kappa shape index (κ2) is 17.7. The topological polar surface area (TPSA) is 14.8 Å². The molecule has 0 spiro atoms. The van der Waals surface area contributed by atoms with Gasteiger partial charge in [-0.1, -0.05) is 237 Å². The largest absolute Gasteiger partial charge is 0.309 e. The van der Waals surface area contributed by atoms with Crippen molar-refractivity contribution in [1.82, 2.24) is 13.7 Å². The van der Waals surface area contributed by atoms with Crippen LogP contribution in [0.3, 0.4) is 0 Å². The zero-order valence-corrected chi connectivity index (χ0v) is 42.6. The SMILES string of the molecule is c1ccc([Si](c2ccccc2)(c2ccccc2)c2cccc(-c3ccccc3-c3cc(-n4c5ccccc5c5ccccc54)cc(-n4c5ccccc5c5ccc(-n6c7ccccc7c7ccccc76)cc54)c3)c2)cc1. The standard InChI is InChI=1S/C72H49N3Si/c1-4-24-55(25-5-1)76(56-26-6-2-7-27-56,57-28-8-3-9-29-57)58-30-22-23-50(47-58)59-31-10-11-32-60(59)51-45-53(74-69-40-19-14-35-63(69)64-36-15-20-41-70(64)74)48-54(46-51)75-71-42-21-16-37-65(71)66-44-43-52(49-72(66)75)73-67-38-17-12-33-61(67)62-34-13-18-39-68(62)73/h1-49H. The molecule has 0 radical (unpaired) electrons. The van der Waals surface area contributed by atoms with E-state index < -0.39 is 8.07 Å². The van der Waals surface area contributed by atoms with Gasteiger partial charge in [-0.15, -0.1) is 0 Å². The van der Waals surface area contributed by atoms with Gasteiger partial charge in [-0.05, 0) is 104 Å². The molecule has 0 bridgehead atoms. The molecule has 0 N–H and O–H groups in total. The predicted octanol–water partition coefficient (Wildman–Crippen LogP) is 15.7. The highest BCUT2D eigenvalue weighted by atomic mass is 28.3. The lowest BCUT2D eigenvalue weighted by molar-refractivity contribution is 1.13. The van der Waals surface area contributed by atoms with Gasteiger partial charge in [0.2, 0.25) is 0 Å². The maximum Gasteiger partial charge on any atom is 0.179 e. The minimum Gasteiger partial charge on any atom is -0.309 e. The number of nitrogens with zero attached hydrogens (tertiary/aromatic N) is 3. The van der Waals surface area contributed by atoms with E-state index in [1.54, 1.807) is 0 Å². The molecule has 15 aromatic rings. The number of fused-ring (bicyclic) bond motifs is 9. The zero-order chi connectivity index (χ0) is 50.2. The number of hydrogen-bond donors (Lipinski definition) is 0. The molecule has 0 aliphatic rings. The molecule has 0 aliphatic carbocycles. The summed E-state index contributed by atoms with van der Waals surface area (Å²) in [5, 5.41) is 12.8. The molecule has 76 heavy (non-hydrogen) atoms. The van der Waals surface area contributed by atoms with Crippen molar-refractivity contribution < 1.29 is 0 Å². The molecule has 0 fully saturated rings. The van der Waals surface area contributed by atoms with E-state index in [0.29, 0.717) is 0 Å². The third-order valence-corrected chi connectivity index (χ3v) is 20.7. The first kappa shape index (κ1) is 43.8. The van der Waals surface area contributed by atoms with Crippen molar-refractivity contribution in [3.63, 3.8) is 0 Å². The summed E-state index contributed by atoms with van der Waals surface area (Å²) in [4.78, 5) is 0. The monoisotopic (exact) mass is 983 g/mol. The lowest BCUT2D eigenvalue weighted by Crippen LogP contribution is -2.74. The molecule has 12 aromatic carbocycles. The van der Waals surface area contributed by atoms with Crippen molar-refractivity contribution in [3.05, 3.63) is 297 Å². The third kappa shape index (κ3) is 6.74. The summed E-state index contributed by atoms with van der Waals surface area (Å²) < 4.78 is 7.41. The van der Waals surface area contributed by atoms with Crippen LogP contribution in [-0.2, 0) is 0 Å². The molecule has 0 saturated heterocycles. The zero-order valence-electron chi connectivity index (χ0n) is 41.6. The number of rotatable bonds is 9. The van der Waals surface area contributed by atoms with Gasteiger partial charge in [0, 0.05) is 49.4 Å². The van der Waals surface area contributed by atoms with Crippen molar-refractivity contribution in [2.24, 2.45) is 0 Å². The van der Waals surface area contributed by atoms with Gasteiger partial charge in [0.25, 0.3) is 0 Å². The molecule has 356 valence electrons. The molecular formula is C72H49N3Si. The summed E-state index contributed by atoms with van der Waals surface area (Å²) in [6.07, 6.45) is 0. The van der Waals surface area contributed by atoms with E-state index in [1.807, 2.05) is 0 Å². The van der Waals surface area contributed by atoms with Crippen LogP contribution in [0.25, 0.3) is 105 Å². The summed E-state index contributed by atoms with van der Waals surface area (Å²) in [5.74, 6) is 0. The lowest BCUT2D eigenvalue weighted by atomic mass is 9.94. The van der Waals surface area contributed by atoms with E-state index in [4.69, 9.17) is 0 Å². The van der Waals surface area contributed by atoms with Crippen molar-refractivity contribution in [1.29, 1.82) is 0 Å². The summed E-state index contributed by atoms with van der Waals surface area (Å²) in [5.41, 5.74) is 15.0. The molecule has 3 heterocycles. The fourth-order valence-electron chi connectivity index (χ4n) is 12.8. The Morgan fingerprint density at radius 2 is 0.539 bits per heavy atom. The van der Waals surface area contributed by atoms with Gasteiger partial charge in [0.05, 0.1) is 33.1 Å². The third-order valence-electron chi connectivity index (χ3n) is 16.0. The van der Waals surface area contributed by atoms with E-state index in [2.05, 4.69) is 311 Å². The van der Waals surface area contributed by atoms with Crippen molar-refractivity contribution >= 4 is 94.2 Å². The van der Waals surface area contributed by atoms with Crippen molar-refractivity contribution in [3.8, 4) is 39.3 Å². The van der Waals surface area contributed by atoms with E-state index in [-0.39, 0.29) is 0 Å². The van der Waals surface area contributed by atoms with Gasteiger partial charge in [-0.3, -0.25) is 0 Å². The Balaban J connectivity index is 0.996. The van der Waals surface area contributed by atoms with Gasteiger partial charge in [-0.2, -0.15) is 0 Å². The molecule has 15 rings (SSSR count). The van der Waals surface area contributed by atoms with Crippen LogP contribution in [0.4, 0.5) is 0 Å². The Kier molecular flexibility index (Phi) is 10.2. The maximum atomic E-state index is 2.51. The van der Waals surface area contributed by atoms with E-state index in [9.17, 15) is 0 Å². The Hall–Kier alpha value is -9.74. The Labute approximate surface area is 442 Å². The quantitative estimate of drug-likeness (QED) is 0.101. The molecule has 0 aliphatic heterocycles. The van der Waals surface area contributed by atoms with Crippen molar-refractivity contribution in [2.45, 2.75) is 0 Å². The molecule has 0 amide bonds. The highest BCUT2D eigenvalue weighted by Gasteiger charge is 2.41. The van der Waals surface area contributed by atoms with Crippen LogP contribution < -0.4 is 20.7 Å². The van der Waals surface area contributed by atoms with Crippen LogP contribution in [-0.4, -0.2) is 21.8 Å². The first-order valence-corrected chi connectivity index (χ1v) is 28.3. The van der Waals surface area contributed by atoms with Crippen LogP contribution in [0.2, 0.25) is 0 Å². The van der Waals surface area contributed by atoms with Crippen LogP contribution in [0.15, 0.2) is 297 Å². The molecule has 0 saturated carbocycles. The molecule has 3 aromatic heterocycles. The fourth-order valence-corrected chi connectivity index (χ4v) is 17.6. The van der Waals surface area contributed by atoms with E-state index in [0.717, 1.165) is 33.7 Å². The number of aromatic nitrogens is 3. The normalized spacial score (nSPS) is 11.9. The minimum absolute atomic E-state index is 1.09. The Morgan fingerprint density at radius 1 is 0.197 bits per heavy atom. The maximum absolute atomic E-state index is 2.82. The highest BCUT2D eigenvalue weighted by molar-refractivity contribution is 7.19. The Bertz CT molecular complexity index is 4490. The predicted molar refractivity (Wildman–Crippen MR) is 324 cm³/mol. The average molecular weight is 984 g/mol. The summed E-state index contributed by atoms with van der Waals surface area (Å²) >= 11 is 0. The minimum atomic E-state index is -2.82. The first-order valence-electron chi connectivity index (χ1n) is 26.3. The van der Waals surface area contributed by atoms with Crippen LogP contribution in [0, 0.1) is 0 Å².